The number of benzene rings is 2. The minimum absolute atomic E-state index is 0. The van der Waals surface area contributed by atoms with E-state index in [1.165, 1.54) is 0 Å². The Hall–Kier alpha value is -1.06. The minimum atomic E-state index is -0.497. The second-order valence-corrected chi connectivity index (χ2v) is 6.36. The normalized spacial score (nSPS) is 9.65. The molecule has 0 N–H and O–H groups in total. The molecule has 124 valence electrons. The van der Waals surface area contributed by atoms with Crippen LogP contribution in [0.2, 0.25) is 0 Å². The number of alkyl halides is 4. The molecular formula is C17H16Cl4O2. The zero-order valence-corrected chi connectivity index (χ0v) is 14.3. The standard InChI is InChI=1S/C8H6Cl4.C8H6O2.CH4/c9-7(10)5-1-2-6(4-3-5)8(11)12;9-5-7-1-2-8(6-10)4-3-7;/h1-4,7-8H;1-6H;1H4. The van der Waals surface area contributed by atoms with Crippen LogP contribution in [0.1, 0.15) is 48.9 Å². The Morgan fingerprint density at radius 3 is 1.04 bits per heavy atom. The van der Waals surface area contributed by atoms with Crippen LogP contribution in [0.25, 0.3) is 0 Å². The molecule has 0 radical (unpaired) electrons. The smallest absolute Gasteiger partial charge is 0.150 e. The molecule has 0 saturated carbocycles. The molecule has 0 bridgehead atoms. The molecule has 23 heavy (non-hydrogen) atoms. The molecule has 0 aliphatic heterocycles. The summed E-state index contributed by atoms with van der Waals surface area (Å²) in [5.41, 5.74) is 2.86. The zero-order chi connectivity index (χ0) is 16.5. The van der Waals surface area contributed by atoms with E-state index >= 15 is 0 Å². The summed E-state index contributed by atoms with van der Waals surface area (Å²) in [7, 11) is 0. The van der Waals surface area contributed by atoms with Crippen molar-refractivity contribution in [3.63, 3.8) is 0 Å². The van der Waals surface area contributed by atoms with E-state index in [4.69, 9.17) is 46.4 Å². The molecule has 0 spiro atoms. The van der Waals surface area contributed by atoms with Gasteiger partial charge in [0.15, 0.2) is 0 Å². The van der Waals surface area contributed by atoms with E-state index in [-0.39, 0.29) is 7.43 Å². The van der Waals surface area contributed by atoms with Crippen molar-refractivity contribution < 1.29 is 9.59 Å². The van der Waals surface area contributed by atoms with Crippen molar-refractivity contribution in [3.8, 4) is 0 Å². The molecule has 2 nitrogen and oxygen atoms in total. The van der Waals surface area contributed by atoms with E-state index in [2.05, 4.69) is 0 Å². The molecule has 0 aromatic heterocycles. The molecule has 0 aliphatic carbocycles. The highest BCUT2D eigenvalue weighted by atomic mass is 35.5. The maximum Gasteiger partial charge on any atom is 0.150 e. The maximum absolute atomic E-state index is 10.1. The van der Waals surface area contributed by atoms with E-state index < -0.39 is 9.67 Å². The number of carbonyl (C=O) groups is 2. The van der Waals surface area contributed by atoms with E-state index in [1.54, 1.807) is 48.5 Å². The van der Waals surface area contributed by atoms with Gasteiger partial charge < -0.3 is 0 Å². The number of aldehydes is 2. The predicted molar refractivity (Wildman–Crippen MR) is 99.3 cm³/mol. The van der Waals surface area contributed by atoms with Gasteiger partial charge in [-0.15, -0.1) is 46.4 Å². The fourth-order valence-electron chi connectivity index (χ4n) is 1.44. The van der Waals surface area contributed by atoms with Gasteiger partial charge in [0, 0.05) is 11.1 Å². The van der Waals surface area contributed by atoms with E-state index in [9.17, 15) is 9.59 Å². The maximum atomic E-state index is 10.1. The Balaban J connectivity index is 0.000000409. The van der Waals surface area contributed by atoms with Crippen LogP contribution in [-0.4, -0.2) is 12.6 Å². The van der Waals surface area contributed by atoms with Gasteiger partial charge in [0.05, 0.1) is 0 Å². The van der Waals surface area contributed by atoms with Gasteiger partial charge in [-0.3, -0.25) is 9.59 Å². The van der Waals surface area contributed by atoms with Gasteiger partial charge in [0.2, 0.25) is 0 Å². The Bertz CT molecular complexity index is 539. The van der Waals surface area contributed by atoms with Crippen LogP contribution >= 0.6 is 46.4 Å². The molecular weight excluding hydrogens is 378 g/mol. The van der Waals surface area contributed by atoms with Gasteiger partial charge in [0.25, 0.3) is 0 Å². The van der Waals surface area contributed by atoms with Crippen molar-refractivity contribution in [2.24, 2.45) is 0 Å². The molecule has 6 heteroatoms. The molecule has 2 rings (SSSR count). The molecule has 0 heterocycles. The quantitative estimate of drug-likeness (QED) is 0.433. The lowest BCUT2D eigenvalue weighted by atomic mass is 10.2. The summed E-state index contributed by atoms with van der Waals surface area (Å²) in [4.78, 5) is 19.2. The van der Waals surface area contributed by atoms with Gasteiger partial charge in [-0.25, -0.2) is 0 Å². The Kier molecular flexibility index (Phi) is 10.9. The molecule has 2 aromatic rings. The molecule has 0 unspecified atom stereocenters. The van der Waals surface area contributed by atoms with Crippen LogP contribution in [0.3, 0.4) is 0 Å². The van der Waals surface area contributed by atoms with E-state index in [0.717, 1.165) is 23.7 Å². The third kappa shape index (κ3) is 7.85. The summed E-state index contributed by atoms with van der Waals surface area (Å²) < 4.78 is 0. The van der Waals surface area contributed by atoms with Crippen LogP contribution in [0.4, 0.5) is 0 Å². The molecule has 0 fully saturated rings. The number of rotatable bonds is 4. The summed E-state index contributed by atoms with van der Waals surface area (Å²) in [6.07, 6.45) is 1.49. The van der Waals surface area contributed by atoms with Crippen LogP contribution in [-0.2, 0) is 0 Å². The van der Waals surface area contributed by atoms with Crippen molar-refractivity contribution in [1.29, 1.82) is 0 Å². The van der Waals surface area contributed by atoms with Crippen molar-refractivity contribution in [2.75, 3.05) is 0 Å². The molecule has 2 aromatic carbocycles. The fourth-order valence-corrected chi connectivity index (χ4v) is 2.02. The SMILES string of the molecule is C.ClC(Cl)c1ccc(C(Cl)Cl)cc1.O=Cc1ccc(C=O)cc1. The molecule has 0 saturated heterocycles. The monoisotopic (exact) mass is 392 g/mol. The fraction of sp³-hybridized carbons (Fsp3) is 0.176. The van der Waals surface area contributed by atoms with Crippen LogP contribution in [0.15, 0.2) is 48.5 Å². The molecule has 0 amide bonds. The first-order valence-corrected chi connectivity index (χ1v) is 7.89. The first-order chi connectivity index (χ1) is 10.5. The topological polar surface area (TPSA) is 34.1 Å². The highest BCUT2D eigenvalue weighted by Gasteiger charge is 2.05. The number of halogens is 4. The minimum Gasteiger partial charge on any atom is -0.298 e. The van der Waals surface area contributed by atoms with E-state index in [1.807, 2.05) is 0 Å². The molecule has 0 atom stereocenters. The average Bonchev–Trinajstić information content (AvgIpc) is 2.55. The first kappa shape index (κ1) is 21.9. The number of hydrogen-bond donors (Lipinski definition) is 0. The van der Waals surface area contributed by atoms with Crippen LogP contribution < -0.4 is 0 Å². The molecule has 0 aliphatic rings. The lowest BCUT2D eigenvalue weighted by Gasteiger charge is -2.04. The Morgan fingerprint density at radius 1 is 0.609 bits per heavy atom. The largest absolute Gasteiger partial charge is 0.298 e. The van der Waals surface area contributed by atoms with Crippen molar-refractivity contribution in [1.82, 2.24) is 0 Å². The summed E-state index contributed by atoms with van der Waals surface area (Å²) in [5, 5.41) is 0. The number of hydrogen-bond acceptors (Lipinski definition) is 2. The van der Waals surface area contributed by atoms with Gasteiger partial charge in [-0.05, 0) is 11.1 Å². The van der Waals surface area contributed by atoms with Crippen molar-refractivity contribution in [2.45, 2.75) is 17.1 Å². The number of carbonyl (C=O) groups excluding carboxylic acids is 2. The van der Waals surface area contributed by atoms with Crippen molar-refractivity contribution in [3.05, 3.63) is 70.8 Å². The Morgan fingerprint density at radius 2 is 0.870 bits per heavy atom. The lowest BCUT2D eigenvalue weighted by molar-refractivity contribution is 0.111. The van der Waals surface area contributed by atoms with Gasteiger partial charge in [-0.1, -0.05) is 56.0 Å². The van der Waals surface area contributed by atoms with Gasteiger partial charge in [0.1, 0.15) is 22.2 Å². The third-order valence-corrected chi connectivity index (χ3v) is 3.66. The highest BCUT2D eigenvalue weighted by Crippen LogP contribution is 2.28. The van der Waals surface area contributed by atoms with Crippen LogP contribution in [0.5, 0.6) is 0 Å². The summed E-state index contributed by atoms with van der Waals surface area (Å²) in [5.74, 6) is 0. The summed E-state index contributed by atoms with van der Waals surface area (Å²) in [6, 6.07) is 13.6. The van der Waals surface area contributed by atoms with Gasteiger partial charge >= 0.3 is 0 Å². The summed E-state index contributed by atoms with van der Waals surface area (Å²) >= 11 is 22.5. The highest BCUT2D eigenvalue weighted by molar-refractivity contribution is 6.44. The third-order valence-electron chi connectivity index (χ3n) is 2.65. The van der Waals surface area contributed by atoms with Gasteiger partial charge in [-0.2, -0.15) is 0 Å². The average molecular weight is 394 g/mol. The van der Waals surface area contributed by atoms with Crippen molar-refractivity contribution >= 4 is 59.0 Å². The Labute approximate surface area is 156 Å². The second kappa shape index (κ2) is 11.5. The lowest BCUT2D eigenvalue weighted by Crippen LogP contribution is -1.84. The second-order valence-electron chi connectivity index (χ2n) is 4.17. The predicted octanol–water partition coefficient (Wildman–Crippen LogP) is 6.59. The van der Waals surface area contributed by atoms with E-state index in [0.29, 0.717) is 11.1 Å². The van der Waals surface area contributed by atoms with Crippen LogP contribution in [0, 0.1) is 0 Å². The summed E-state index contributed by atoms with van der Waals surface area (Å²) in [6.45, 7) is 0. The first-order valence-electron chi connectivity index (χ1n) is 6.14. The zero-order valence-electron chi connectivity index (χ0n) is 11.3.